The normalized spacial score (nSPS) is 13.6. The van der Waals surface area contributed by atoms with Crippen LogP contribution in [0.1, 0.15) is 24.0 Å². The minimum Gasteiger partial charge on any atom is -0.338 e. The summed E-state index contributed by atoms with van der Waals surface area (Å²) in [5.41, 5.74) is 5.97. The van der Waals surface area contributed by atoms with Crippen molar-refractivity contribution in [1.29, 1.82) is 0 Å². The summed E-state index contributed by atoms with van der Waals surface area (Å²) in [4.78, 5) is 8.73. The van der Waals surface area contributed by atoms with Gasteiger partial charge in [-0.1, -0.05) is 12.1 Å². The van der Waals surface area contributed by atoms with Gasteiger partial charge in [-0.3, -0.25) is 4.68 Å². The molecule has 2 heterocycles. The Morgan fingerprint density at radius 1 is 1.04 bits per heavy atom. The molecule has 0 amide bonds. The van der Waals surface area contributed by atoms with Crippen molar-refractivity contribution in [1.82, 2.24) is 19.7 Å². The first-order valence-corrected chi connectivity index (χ1v) is 7.98. The van der Waals surface area contributed by atoms with Crippen LogP contribution in [0.3, 0.4) is 0 Å². The summed E-state index contributed by atoms with van der Waals surface area (Å²) in [5.74, 6) is 0.778. The zero-order chi connectivity index (χ0) is 15.6. The van der Waals surface area contributed by atoms with E-state index in [4.69, 9.17) is 0 Å². The highest BCUT2D eigenvalue weighted by molar-refractivity contribution is 5.66. The molecule has 5 heteroatoms. The number of hydrogen-bond acceptors (Lipinski definition) is 4. The largest absolute Gasteiger partial charge is 0.338 e. The summed E-state index contributed by atoms with van der Waals surface area (Å²) >= 11 is 0. The summed E-state index contributed by atoms with van der Waals surface area (Å²) in [6.45, 7) is 0. The van der Waals surface area contributed by atoms with Crippen LogP contribution in [-0.4, -0.2) is 19.7 Å². The molecule has 0 fully saturated rings. The molecule has 0 unspecified atom stereocenters. The molecule has 116 valence electrons. The van der Waals surface area contributed by atoms with Crippen LogP contribution in [0.25, 0.3) is 11.3 Å². The molecule has 0 aliphatic heterocycles. The van der Waals surface area contributed by atoms with E-state index in [0.29, 0.717) is 0 Å². The van der Waals surface area contributed by atoms with Crippen LogP contribution < -0.4 is 5.32 Å². The highest BCUT2D eigenvalue weighted by Crippen LogP contribution is 2.27. The van der Waals surface area contributed by atoms with Crippen molar-refractivity contribution in [2.75, 3.05) is 5.32 Å². The Labute approximate surface area is 135 Å². The first kappa shape index (κ1) is 13.9. The van der Waals surface area contributed by atoms with Crippen molar-refractivity contribution in [3.8, 4) is 11.3 Å². The van der Waals surface area contributed by atoms with Gasteiger partial charge in [0.2, 0.25) is 0 Å². The van der Waals surface area contributed by atoms with E-state index in [1.165, 1.54) is 36.8 Å². The van der Waals surface area contributed by atoms with E-state index in [1.807, 2.05) is 19.3 Å². The first-order chi connectivity index (χ1) is 11.3. The zero-order valence-corrected chi connectivity index (χ0v) is 13.2. The molecule has 1 aromatic carbocycles. The predicted octanol–water partition coefficient (Wildman–Crippen LogP) is 3.50. The fourth-order valence-corrected chi connectivity index (χ4v) is 3.11. The van der Waals surface area contributed by atoms with Gasteiger partial charge in [0.15, 0.2) is 0 Å². The fraction of sp³-hybridized carbons (Fsp3) is 0.278. The molecule has 1 aliphatic carbocycles. The summed E-state index contributed by atoms with van der Waals surface area (Å²) in [7, 11) is 1.89. The van der Waals surface area contributed by atoms with E-state index in [9.17, 15) is 0 Å². The second-order valence-corrected chi connectivity index (χ2v) is 6.01. The van der Waals surface area contributed by atoms with Crippen LogP contribution in [0, 0.1) is 0 Å². The smallest absolute Gasteiger partial charge is 0.134 e. The molecule has 0 atom stereocenters. The van der Waals surface area contributed by atoms with Crippen LogP contribution in [-0.2, 0) is 19.9 Å². The standard InChI is InChI=1S/C18H19N5/c1-23-11-16(10-21-23)22-18-9-17(19-12-20-18)15-7-6-13-4-2-3-5-14(13)8-15/h6-12H,2-5H2,1H3,(H,19,20,22). The number of benzene rings is 1. The van der Waals surface area contributed by atoms with Gasteiger partial charge in [0, 0.05) is 24.9 Å². The van der Waals surface area contributed by atoms with Crippen LogP contribution >= 0.6 is 0 Å². The average Bonchev–Trinajstić information content (AvgIpc) is 2.99. The van der Waals surface area contributed by atoms with Crippen molar-refractivity contribution < 1.29 is 0 Å². The van der Waals surface area contributed by atoms with E-state index in [0.717, 1.165) is 22.8 Å². The van der Waals surface area contributed by atoms with E-state index >= 15 is 0 Å². The SMILES string of the molecule is Cn1cc(Nc2cc(-c3ccc4c(c3)CCCC4)ncn2)cn1. The van der Waals surface area contributed by atoms with Gasteiger partial charge in [-0.2, -0.15) is 5.10 Å². The zero-order valence-electron chi connectivity index (χ0n) is 13.2. The van der Waals surface area contributed by atoms with Crippen LogP contribution in [0.15, 0.2) is 43.0 Å². The van der Waals surface area contributed by atoms with E-state index < -0.39 is 0 Å². The van der Waals surface area contributed by atoms with Crippen molar-refractivity contribution in [3.05, 3.63) is 54.1 Å². The van der Waals surface area contributed by atoms with Gasteiger partial charge in [0.1, 0.15) is 12.1 Å². The van der Waals surface area contributed by atoms with Crippen molar-refractivity contribution >= 4 is 11.5 Å². The second kappa shape index (κ2) is 5.83. The molecule has 0 saturated carbocycles. The lowest BCUT2D eigenvalue weighted by molar-refractivity contribution is 0.686. The monoisotopic (exact) mass is 305 g/mol. The third kappa shape index (κ3) is 2.95. The van der Waals surface area contributed by atoms with E-state index in [2.05, 4.69) is 38.6 Å². The van der Waals surface area contributed by atoms with Crippen molar-refractivity contribution in [2.24, 2.45) is 7.05 Å². The maximum Gasteiger partial charge on any atom is 0.134 e. The highest BCUT2D eigenvalue weighted by Gasteiger charge is 2.11. The summed E-state index contributed by atoms with van der Waals surface area (Å²) in [6.07, 6.45) is 10.3. The lowest BCUT2D eigenvalue weighted by Gasteiger charge is -2.16. The van der Waals surface area contributed by atoms with Gasteiger partial charge in [-0.25, -0.2) is 9.97 Å². The van der Waals surface area contributed by atoms with E-state index in [-0.39, 0.29) is 0 Å². The molecule has 5 nitrogen and oxygen atoms in total. The number of nitrogens with one attached hydrogen (secondary N) is 1. The highest BCUT2D eigenvalue weighted by atomic mass is 15.3. The third-order valence-electron chi connectivity index (χ3n) is 4.29. The second-order valence-electron chi connectivity index (χ2n) is 6.01. The molecule has 23 heavy (non-hydrogen) atoms. The summed E-state index contributed by atoms with van der Waals surface area (Å²) < 4.78 is 1.76. The molecule has 0 radical (unpaired) electrons. The Morgan fingerprint density at radius 2 is 1.91 bits per heavy atom. The first-order valence-electron chi connectivity index (χ1n) is 7.98. The molecule has 4 rings (SSSR count). The topological polar surface area (TPSA) is 55.6 Å². The van der Waals surface area contributed by atoms with Gasteiger partial charge in [0.05, 0.1) is 17.6 Å². The van der Waals surface area contributed by atoms with Crippen LogP contribution in [0.4, 0.5) is 11.5 Å². The number of rotatable bonds is 3. The maximum atomic E-state index is 4.43. The Hall–Kier alpha value is -2.69. The number of aromatic nitrogens is 4. The Bertz CT molecular complexity index is 837. The number of aryl methyl sites for hydroxylation is 3. The van der Waals surface area contributed by atoms with Gasteiger partial charge in [0.25, 0.3) is 0 Å². The van der Waals surface area contributed by atoms with Gasteiger partial charge >= 0.3 is 0 Å². The molecular weight excluding hydrogens is 286 g/mol. The van der Waals surface area contributed by atoms with Crippen molar-refractivity contribution in [2.45, 2.75) is 25.7 Å². The van der Waals surface area contributed by atoms with Gasteiger partial charge in [-0.15, -0.1) is 0 Å². The van der Waals surface area contributed by atoms with Gasteiger partial charge in [-0.05, 0) is 42.9 Å². The van der Waals surface area contributed by atoms with Crippen molar-refractivity contribution in [3.63, 3.8) is 0 Å². The van der Waals surface area contributed by atoms with Gasteiger partial charge < -0.3 is 5.32 Å². The minimum atomic E-state index is 0.778. The molecule has 3 aromatic rings. The molecule has 2 aromatic heterocycles. The average molecular weight is 305 g/mol. The summed E-state index contributed by atoms with van der Waals surface area (Å²) in [6, 6.07) is 8.68. The number of nitrogens with zero attached hydrogens (tertiary/aromatic N) is 4. The number of anilines is 2. The Kier molecular flexibility index (Phi) is 3.54. The Balaban J connectivity index is 1.63. The summed E-state index contributed by atoms with van der Waals surface area (Å²) in [5, 5.41) is 7.42. The van der Waals surface area contributed by atoms with E-state index in [1.54, 1.807) is 17.2 Å². The molecule has 0 bridgehead atoms. The predicted molar refractivity (Wildman–Crippen MR) is 90.6 cm³/mol. The molecule has 1 aliphatic rings. The molecule has 1 N–H and O–H groups in total. The fourth-order valence-electron chi connectivity index (χ4n) is 3.11. The van der Waals surface area contributed by atoms with Crippen LogP contribution in [0.2, 0.25) is 0 Å². The van der Waals surface area contributed by atoms with Crippen LogP contribution in [0.5, 0.6) is 0 Å². The molecule has 0 spiro atoms. The minimum absolute atomic E-state index is 0.778. The number of fused-ring (bicyclic) bond motifs is 1. The molecule has 0 saturated heterocycles. The lowest BCUT2D eigenvalue weighted by Crippen LogP contribution is -2.02. The molecular formula is C18H19N5. The Morgan fingerprint density at radius 3 is 2.74 bits per heavy atom. The quantitative estimate of drug-likeness (QED) is 0.804. The third-order valence-corrected chi connectivity index (χ3v) is 4.29. The lowest BCUT2D eigenvalue weighted by atomic mass is 9.90. The maximum absolute atomic E-state index is 4.43. The number of hydrogen-bond donors (Lipinski definition) is 1.